The quantitative estimate of drug-likeness (QED) is 0.570. The number of amides is 1. The Balaban J connectivity index is 1.71. The molecule has 7 nitrogen and oxygen atoms in total. The molecule has 0 aliphatic carbocycles. The number of benzene rings is 1. The zero-order valence-electron chi connectivity index (χ0n) is 15.6. The van der Waals surface area contributed by atoms with Crippen LogP contribution in [0.4, 0.5) is 5.69 Å². The van der Waals surface area contributed by atoms with E-state index >= 15 is 0 Å². The summed E-state index contributed by atoms with van der Waals surface area (Å²) in [7, 11) is 0. The largest absolute Gasteiger partial charge is 0.463 e. The predicted molar refractivity (Wildman–Crippen MR) is 109 cm³/mol. The number of thiazole rings is 1. The third kappa shape index (κ3) is 3.46. The van der Waals surface area contributed by atoms with Gasteiger partial charge in [-0.15, -0.1) is 11.3 Å². The highest BCUT2D eigenvalue weighted by Gasteiger charge is 2.19. The molecule has 8 heteroatoms. The van der Waals surface area contributed by atoms with Gasteiger partial charge >= 0.3 is 0 Å². The molecule has 0 atom stereocenters. The molecule has 28 heavy (non-hydrogen) atoms. The second-order valence-electron chi connectivity index (χ2n) is 6.62. The van der Waals surface area contributed by atoms with Crippen molar-refractivity contribution in [3.63, 3.8) is 0 Å². The van der Waals surface area contributed by atoms with Gasteiger partial charge in [-0.1, -0.05) is 6.07 Å². The molecule has 3 heterocycles. The van der Waals surface area contributed by atoms with E-state index in [1.165, 1.54) is 11.3 Å². The molecule has 142 valence electrons. The molecule has 4 aromatic rings. The van der Waals surface area contributed by atoms with E-state index in [0.29, 0.717) is 27.4 Å². The third-order valence-electron chi connectivity index (χ3n) is 4.16. The van der Waals surface area contributed by atoms with Gasteiger partial charge in [0.1, 0.15) is 12.2 Å². The summed E-state index contributed by atoms with van der Waals surface area (Å²) in [5.41, 5.74) is 3.18. The number of anilines is 1. The van der Waals surface area contributed by atoms with Crippen molar-refractivity contribution in [2.75, 3.05) is 5.32 Å². The minimum Gasteiger partial charge on any atom is -0.463 e. The molecule has 3 aromatic heterocycles. The molecule has 0 unspecified atom stereocenters. The summed E-state index contributed by atoms with van der Waals surface area (Å²) >= 11 is 1.38. The number of aryl methyl sites for hydroxylation is 3. The van der Waals surface area contributed by atoms with Gasteiger partial charge in [0, 0.05) is 5.69 Å². The summed E-state index contributed by atoms with van der Waals surface area (Å²) in [6.07, 6.45) is 1.54. The topological polar surface area (TPSA) is 90.0 Å². The van der Waals surface area contributed by atoms with Gasteiger partial charge < -0.3 is 9.73 Å². The first-order valence-corrected chi connectivity index (χ1v) is 9.52. The van der Waals surface area contributed by atoms with E-state index in [1.807, 2.05) is 39.0 Å². The first kappa shape index (κ1) is 18.1. The number of carbonyl (C=O) groups excluding carboxylic acids is 1. The molecule has 0 saturated heterocycles. The van der Waals surface area contributed by atoms with Gasteiger partial charge in [0.05, 0.1) is 16.0 Å². The van der Waals surface area contributed by atoms with Gasteiger partial charge in [0.15, 0.2) is 11.3 Å². The molecular formula is C20H18N4O3S. The van der Waals surface area contributed by atoms with E-state index < -0.39 is 5.56 Å². The molecule has 0 spiro atoms. The van der Waals surface area contributed by atoms with Crippen molar-refractivity contribution in [2.24, 2.45) is 0 Å². The summed E-state index contributed by atoms with van der Waals surface area (Å²) in [5, 5.41) is 7.97. The van der Waals surface area contributed by atoms with Crippen LogP contribution < -0.4 is 10.9 Å². The monoisotopic (exact) mass is 394 g/mol. The van der Waals surface area contributed by atoms with Crippen LogP contribution in [-0.4, -0.2) is 20.7 Å². The van der Waals surface area contributed by atoms with Crippen LogP contribution in [0.15, 0.2) is 45.8 Å². The lowest BCUT2D eigenvalue weighted by Crippen LogP contribution is -2.30. The van der Waals surface area contributed by atoms with Crippen LogP contribution in [0.5, 0.6) is 0 Å². The molecule has 0 radical (unpaired) electrons. The van der Waals surface area contributed by atoms with Gasteiger partial charge in [0.25, 0.3) is 5.56 Å². The van der Waals surface area contributed by atoms with Gasteiger partial charge in [-0.05, 0) is 56.2 Å². The van der Waals surface area contributed by atoms with Crippen LogP contribution in [0, 0.1) is 20.8 Å². The number of nitrogens with zero attached hydrogens (tertiary/aromatic N) is 3. The van der Waals surface area contributed by atoms with Crippen LogP contribution in [0.2, 0.25) is 0 Å². The molecule has 1 N–H and O–H groups in total. The van der Waals surface area contributed by atoms with Crippen LogP contribution >= 0.6 is 11.3 Å². The fourth-order valence-electron chi connectivity index (χ4n) is 3.13. The lowest BCUT2D eigenvalue weighted by atomic mass is 10.1. The maximum absolute atomic E-state index is 12.8. The summed E-state index contributed by atoms with van der Waals surface area (Å²) in [4.78, 5) is 29.7. The number of hydrogen-bond acceptors (Lipinski definition) is 6. The lowest BCUT2D eigenvalue weighted by molar-refractivity contribution is -0.117. The van der Waals surface area contributed by atoms with E-state index in [9.17, 15) is 9.59 Å². The summed E-state index contributed by atoms with van der Waals surface area (Å²) in [5.74, 6) is 0.188. The summed E-state index contributed by atoms with van der Waals surface area (Å²) in [6.45, 7) is 5.53. The highest BCUT2D eigenvalue weighted by Crippen LogP contribution is 2.29. The Labute approximate surface area is 164 Å². The van der Waals surface area contributed by atoms with Gasteiger partial charge in [-0.2, -0.15) is 5.10 Å². The number of hydrogen-bond donors (Lipinski definition) is 1. The van der Waals surface area contributed by atoms with E-state index in [1.54, 1.807) is 18.4 Å². The summed E-state index contributed by atoms with van der Waals surface area (Å²) in [6, 6.07) is 9.29. The molecule has 0 aliphatic heterocycles. The van der Waals surface area contributed by atoms with Gasteiger partial charge in [0.2, 0.25) is 5.91 Å². The standard InChI is InChI=1S/C20H18N4O3S/c1-11-7-12(2)9-14(8-11)22-16(25)10-24-20(26)18-19(28-13(3)21-18)17(23-24)15-5-4-6-27-15/h4-9H,10H2,1-3H3,(H,22,25). The Morgan fingerprint density at radius 3 is 2.64 bits per heavy atom. The van der Waals surface area contributed by atoms with Crippen molar-refractivity contribution < 1.29 is 9.21 Å². The highest BCUT2D eigenvalue weighted by molar-refractivity contribution is 7.19. The molecule has 0 fully saturated rings. The van der Waals surface area contributed by atoms with Gasteiger partial charge in [-0.3, -0.25) is 9.59 Å². The normalized spacial score (nSPS) is 11.1. The number of furan rings is 1. The van der Waals surface area contributed by atoms with Crippen molar-refractivity contribution in [3.05, 3.63) is 63.1 Å². The maximum atomic E-state index is 12.8. The third-order valence-corrected chi connectivity index (χ3v) is 5.14. The van der Waals surface area contributed by atoms with Crippen LogP contribution in [0.25, 0.3) is 21.7 Å². The maximum Gasteiger partial charge on any atom is 0.294 e. The molecule has 0 saturated carbocycles. The average molecular weight is 394 g/mol. The van der Waals surface area contributed by atoms with Gasteiger partial charge in [-0.25, -0.2) is 9.67 Å². The number of carbonyl (C=O) groups is 1. The zero-order valence-corrected chi connectivity index (χ0v) is 16.5. The Kier molecular flexibility index (Phi) is 4.56. The minimum absolute atomic E-state index is 0.216. The molecule has 1 aromatic carbocycles. The SMILES string of the molecule is Cc1cc(C)cc(NC(=O)Cn2nc(-c3ccco3)c3sc(C)nc3c2=O)c1. The zero-order chi connectivity index (χ0) is 19.8. The van der Waals surface area contributed by atoms with E-state index in [2.05, 4.69) is 15.4 Å². The predicted octanol–water partition coefficient (Wildman–Crippen LogP) is 3.68. The number of aromatic nitrogens is 3. The van der Waals surface area contributed by atoms with Crippen LogP contribution in [-0.2, 0) is 11.3 Å². The Morgan fingerprint density at radius 2 is 1.96 bits per heavy atom. The average Bonchev–Trinajstić information content (AvgIpc) is 3.26. The van der Waals surface area contributed by atoms with Crippen molar-refractivity contribution in [2.45, 2.75) is 27.3 Å². The first-order valence-electron chi connectivity index (χ1n) is 8.71. The molecule has 1 amide bonds. The van der Waals surface area contributed by atoms with Crippen LogP contribution in [0.3, 0.4) is 0 Å². The second-order valence-corrected chi connectivity index (χ2v) is 7.83. The van der Waals surface area contributed by atoms with Crippen molar-refractivity contribution in [1.82, 2.24) is 14.8 Å². The smallest absolute Gasteiger partial charge is 0.294 e. The first-order chi connectivity index (χ1) is 13.4. The minimum atomic E-state index is -0.398. The molecular weight excluding hydrogens is 376 g/mol. The number of rotatable bonds is 4. The Hall–Kier alpha value is -3.26. The van der Waals surface area contributed by atoms with Crippen molar-refractivity contribution in [1.29, 1.82) is 0 Å². The number of nitrogens with one attached hydrogen (secondary N) is 1. The molecule has 0 aliphatic rings. The molecule has 4 rings (SSSR count). The van der Waals surface area contributed by atoms with E-state index in [-0.39, 0.29) is 12.5 Å². The van der Waals surface area contributed by atoms with Crippen LogP contribution in [0.1, 0.15) is 16.1 Å². The van der Waals surface area contributed by atoms with Crippen molar-refractivity contribution >= 4 is 33.1 Å². The second kappa shape index (κ2) is 7.05. The number of fused-ring (bicyclic) bond motifs is 1. The Morgan fingerprint density at radius 1 is 1.21 bits per heavy atom. The fraction of sp³-hybridized carbons (Fsp3) is 0.200. The fourth-order valence-corrected chi connectivity index (χ4v) is 4.03. The van der Waals surface area contributed by atoms with E-state index in [4.69, 9.17) is 4.42 Å². The Bertz CT molecular complexity index is 1220. The summed E-state index contributed by atoms with van der Waals surface area (Å²) < 4.78 is 7.25. The molecule has 0 bridgehead atoms. The van der Waals surface area contributed by atoms with E-state index in [0.717, 1.165) is 20.8 Å². The highest BCUT2D eigenvalue weighted by atomic mass is 32.1. The van der Waals surface area contributed by atoms with Crippen molar-refractivity contribution in [3.8, 4) is 11.5 Å². The lowest BCUT2D eigenvalue weighted by Gasteiger charge is -2.09.